The van der Waals surface area contributed by atoms with Crippen molar-refractivity contribution in [1.82, 2.24) is 69.9 Å². The van der Waals surface area contributed by atoms with E-state index in [9.17, 15) is 28.0 Å². The second-order valence-electron chi connectivity index (χ2n) is 16.8. The molecule has 1 amide bonds. The number of carboxylic acid groups (broad SMARTS) is 1. The number of carboxylic acids is 1. The molecule has 4 N–H and O–H groups in total. The van der Waals surface area contributed by atoms with E-state index in [1.165, 1.54) is 44.7 Å². The fourth-order valence-electron chi connectivity index (χ4n) is 9.00. The zero-order chi connectivity index (χ0) is 50.4. The number of fused-ring (bicyclic) bond motifs is 2. The molecule has 372 valence electrons. The molecule has 0 unspecified atom stereocenters. The Morgan fingerprint density at radius 1 is 0.575 bits per heavy atom. The third-order valence-electron chi connectivity index (χ3n) is 12.5. The van der Waals surface area contributed by atoms with Gasteiger partial charge in [-0.05, 0) is 24.3 Å². The van der Waals surface area contributed by atoms with Gasteiger partial charge in [0.25, 0.3) is 17.5 Å². The zero-order valence-electron chi connectivity index (χ0n) is 38.9. The molecular weight excluding hydrogens is 947 g/mol. The van der Waals surface area contributed by atoms with Gasteiger partial charge in [-0.2, -0.15) is 0 Å². The third kappa shape index (κ3) is 9.67. The topological polar surface area (TPSA) is 260 Å². The number of aliphatic imine (C=N–C) groups is 2. The Labute approximate surface area is 413 Å². The number of nitrogens with zero attached hydrogens (tertiary/aromatic N) is 15. The van der Waals surface area contributed by atoms with E-state index < -0.39 is 35.1 Å². The summed E-state index contributed by atoms with van der Waals surface area (Å²) in [7, 11) is 0. The monoisotopic (exact) mass is 992 g/mol. The molecule has 0 bridgehead atoms. The number of carbonyl (C=O) groups is 4. The molecule has 73 heavy (non-hydrogen) atoms. The van der Waals surface area contributed by atoms with Crippen LogP contribution in [-0.4, -0.2) is 184 Å². The lowest BCUT2D eigenvalue weighted by Gasteiger charge is -2.38. The number of aromatic nitrogens is 10. The SMILES string of the molecule is O=C(C(=O)N1CCN(C2=NCCN2c2ccccc2)CC1)c1c[nH]c2c(-n3ccnn3)ncc(F)c12.O=C(O)C(=O)c1c[nH]c2c(-n3ccnn3)ncc(F)c12.c1ccc(N2CCN=C2N2CCNCC2)cc1. The van der Waals surface area contributed by atoms with E-state index in [1.807, 2.05) is 30.3 Å². The minimum atomic E-state index is -1.66. The van der Waals surface area contributed by atoms with Crippen molar-refractivity contribution >= 4 is 68.5 Å². The number of carbonyl (C=O) groups excluding carboxylic acids is 3. The van der Waals surface area contributed by atoms with E-state index in [0.29, 0.717) is 32.7 Å². The molecule has 23 nitrogen and oxygen atoms in total. The van der Waals surface area contributed by atoms with Crippen LogP contribution in [0.15, 0.2) is 120 Å². The molecule has 0 radical (unpaired) electrons. The first kappa shape index (κ1) is 47.4. The second-order valence-corrected chi connectivity index (χ2v) is 16.8. The lowest BCUT2D eigenvalue weighted by molar-refractivity contribution is -0.131. The smallest absolute Gasteiger partial charge is 0.377 e. The Morgan fingerprint density at radius 2 is 1.04 bits per heavy atom. The van der Waals surface area contributed by atoms with Gasteiger partial charge in [0.2, 0.25) is 11.9 Å². The predicted molar refractivity (Wildman–Crippen MR) is 263 cm³/mol. The number of rotatable bonds is 8. The van der Waals surface area contributed by atoms with E-state index in [2.05, 4.69) is 106 Å². The summed E-state index contributed by atoms with van der Waals surface area (Å²) < 4.78 is 31.2. The van der Waals surface area contributed by atoms with Crippen LogP contribution in [0, 0.1) is 11.6 Å². The second kappa shape index (κ2) is 21.0. The van der Waals surface area contributed by atoms with Crippen molar-refractivity contribution in [3.05, 3.63) is 133 Å². The molecule has 0 aliphatic carbocycles. The van der Waals surface area contributed by atoms with Gasteiger partial charge in [-0.3, -0.25) is 24.4 Å². The zero-order valence-corrected chi connectivity index (χ0v) is 38.9. The van der Waals surface area contributed by atoms with Crippen molar-refractivity contribution in [2.45, 2.75) is 0 Å². The van der Waals surface area contributed by atoms with Crippen LogP contribution in [-0.2, 0) is 9.59 Å². The van der Waals surface area contributed by atoms with Gasteiger partial charge in [-0.1, -0.05) is 46.8 Å². The van der Waals surface area contributed by atoms with Crippen LogP contribution in [0.3, 0.4) is 0 Å². The number of nitrogens with one attached hydrogen (secondary N) is 3. The number of aliphatic carboxylic acids is 1. The van der Waals surface area contributed by atoms with E-state index >= 15 is 0 Å². The Morgan fingerprint density at radius 3 is 1.49 bits per heavy atom. The third-order valence-corrected chi connectivity index (χ3v) is 12.5. The summed E-state index contributed by atoms with van der Waals surface area (Å²) in [6.07, 6.45) is 10.3. The van der Waals surface area contributed by atoms with Crippen LogP contribution in [0.2, 0.25) is 0 Å². The van der Waals surface area contributed by atoms with E-state index in [-0.39, 0.29) is 44.6 Å². The van der Waals surface area contributed by atoms with Crippen LogP contribution in [0.1, 0.15) is 20.7 Å². The summed E-state index contributed by atoms with van der Waals surface area (Å²) >= 11 is 0. The Bertz CT molecular complexity index is 3330. The largest absolute Gasteiger partial charge is 0.475 e. The fourth-order valence-corrected chi connectivity index (χ4v) is 9.00. The van der Waals surface area contributed by atoms with E-state index in [1.54, 1.807) is 6.20 Å². The van der Waals surface area contributed by atoms with Crippen LogP contribution in [0.25, 0.3) is 33.4 Å². The summed E-state index contributed by atoms with van der Waals surface area (Å²) in [5.41, 5.74) is 2.45. The average molecular weight is 993 g/mol. The van der Waals surface area contributed by atoms with Crippen LogP contribution in [0.5, 0.6) is 0 Å². The maximum atomic E-state index is 14.7. The van der Waals surface area contributed by atoms with Crippen LogP contribution in [0.4, 0.5) is 20.2 Å². The number of halogens is 2. The summed E-state index contributed by atoms with van der Waals surface area (Å²) in [6.45, 7) is 9.47. The molecule has 8 aromatic rings. The molecule has 0 spiro atoms. The molecule has 2 saturated heterocycles. The van der Waals surface area contributed by atoms with Gasteiger partial charge in [0.15, 0.2) is 23.3 Å². The number of anilines is 2. The van der Waals surface area contributed by atoms with Gasteiger partial charge in [0, 0.05) is 89.2 Å². The summed E-state index contributed by atoms with van der Waals surface area (Å²) in [6, 6.07) is 20.6. The Kier molecular flexibility index (Phi) is 13.6. The first-order chi connectivity index (χ1) is 35.7. The van der Waals surface area contributed by atoms with Crippen molar-refractivity contribution in [3.63, 3.8) is 0 Å². The number of H-pyrrole nitrogens is 2. The number of pyridine rings is 2. The highest BCUT2D eigenvalue weighted by atomic mass is 19.1. The average Bonchev–Trinajstić information content (AvgIpc) is 4.30. The molecule has 25 heteroatoms. The van der Waals surface area contributed by atoms with Gasteiger partial charge >= 0.3 is 5.97 Å². The van der Waals surface area contributed by atoms with Gasteiger partial charge in [-0.15, -0.1) is 10.2 Å². The molecule has 4 aliphatic heterocycles. The number of aromatic amines is 2. The quantitative estimate of drug-likeness (QED) is 0.126. The van der Waals surface area contributed by atoms with Gasteiger partial charge in [0.1, 0.15) is 0 Å². The minimum Gasteiger partial charge on any atom is -0.475 e. The molecule has 10 heterocycles. The summed E-state index contributed by atoms with van der Waals surface area (Å²) in [5, 5.41) is 26.9. The standard InChI is InChI=1S/C24H22FN9O2.C13H18N4.C11H6FN5O3/c25-18-15-28-22(34-9-7-29-30-34)20-19(18)17(14-27-20)21(35)23(36)31-10-12-32(13-11-31)24-26-6-8-33(24)16-4-2-1-3-5-16;1-2-4-12(5-3-1)17-11-8-15-13(17)16-9-6-14-7-10-16;12-6-4-14-10(17-2-1-15-16-17)8-7(6)5(3-13-8)9(18)11(19)20/h1-5,7,9,14-15,27H,6,8,10-13H2;1-5,14H,6-11H2;1-4,13H,(H,19,20). The Hall–Kier alpha value is -9.26. The number of guanidine groups is 2. The van der Waals surface area contributed by atoms with Crippen molar-refractivity contribution < 1.29 is 33.1 Å². The van der Waals surface area contributed by atoms with Crippen molar-refractivity contribution in [3.8, 4) is 11.6 Å². The van der Waals surface area contributed by atoms with E-state index in [4.69, 9.17) is 5.11 Å². The lowest BCUT2D eigenvalue weighted by atomic mass is 10.1. The number of hydrogen-bond acceptors (Lipinski definition) is 17. The molecular formula is C48H46F2N18O5. The lowest BCUT2D eigenvalue weighted by Crippen LogP contribution is -2.54. The highest BCUT2D eigenvalue weighted by Gasteiger charge is 2.33. The number of Topliss-reactive ketones (excluding diaryl/α,β-unsaturated/α-hetero) is 2. The maximum Gasteiger partial charge on any atom is 0.377 e. The number of hydrogen-bond donors (Lipinski definition) is 4. The van der Waals surface area contributed by atoms with Crippen molar-refractivity contribution in [2.24, 2.45) is 9.98 Å². The highest BCUT2D eigenvalue weighted by Crippen LogP contribution is 2.28. The fraction of sp³-hybridized carbons (Fsp3) is 0.250. The van der Waals surface area contributed by atoms with Crippen LogP contribution < -0.4 is 15.1 Å². The number of amides is 1. The van der Waals surface area contributed by atoms with Crippen LogP contribution >= 0.6 is 0 Å². The molecule has 2 fully saturated rings. The first-order valence-electron chi connectivity index (χ1n) is 23.3. The normalized spacial score (nSPS) is 15.7. The van der Waals surface area contributed by atoms with Gasteiger partial charge in [-0.25, -0.2) is 32.9 Å². The molecule has 4 aliphatic rings. The van der Waals surface area contributed by atoms with E-state index in [0.717, 1.165) is 82.0 Å². The predicted octanol–water partition coefficient (Wildman–Crippen LogP) is 2.80. The molecule has 0 atom stereocenters. The highest BCUT2D eigenvalue weighted by molar-refractivity contribution is 6.45. The minimum absolute atomic E-state index is 0.00583. The van der Waals surface area contributed by atoms with Crippen molar-refractivity contribution in [2.75, 3.05) is 88.3 Å². The number of piperazine rings is 2. The molecule has 0 saturated carbocycles. The van der Waals surface area contributed by atoms with Crippen molar-refractivity contribution in [1.29, 1.82) is 0 Å². The van der Waals surface area contributed by atoms with Gasteiger partial charge in [0.05, 0.1) is 83.2 Å². The molecule has 2 aromatic carbocycles. The number of benzene rings is 2. The number of para-hydroxylation sites is 2. The molecule has 12 rings (SSSR count). The number of ketones is 2. The summed E-state index contributed by atoms with van der Waals surface area (Å²) in [4.78, 5) is 81.8. The Balaban J connectivity index is 0.000000139. The van der Waals surface area contributed by atoms with Gasteiger partial charge < -0.3 is 44.9 Å². The summed E-state index contributed by atoms with van der Waals surface area (Å²) in [5.74, 6) is -3.27. The molecule has 6 aromatic heterocycles. The maximum absolute atomic E-state index is 14.7. The first-order valence-corrected chi connectivity index (χ1v) is 23.3.